The molecule has 1 aliphatic rings. The lowest BCUT2D eigenvalue weighted by Crippen LogP contribution is -2.45. The highest BCUT2D eigenvalue weighted by atomic mass is 19.1. The van der Waals surface area contributed by atoms with E-state index in [0.717, 1.165) is 18.9 Å². The molecule has 0 radical (unpaired) electrons. The van der Waals surface area contributed by atoms with E-state index in [2.05, 4.69) is 36.0 Å². The Hall–Kier alpha value is -1.16. The topological polar surface area (TPSA) is 28.2 Å². The smallest absolute Gasteiger partial charge is 0.141 e. The summed E-state index contributed by atoms with van der Waals surface area (Å²) in [5.74, 6) is 0.608. The largest absolute Gasteiger partial charge is 0.352 e. The lowest BCUT2D eigenvalue weighted by atomic mass is 10.1. The van der Waals surface area contributed by atoms with Crippen molar-refractivity contribution < 1.29 is 4.39 Å². The van der Waals surface area contributed by atoms with E-state index >= 15 is 0 Å². The van der Waals surface area contributed by atoms with Crippen LogP contribution in [0, 0.1) is 5.82 Å². The molecule has 0 amide bonds. The van der Waals surface area contributed by atoms with Crippen LogP contribution in [0.5, 0.6) is 0 Å². The molecule has 2 heterocycles. The van der Waals surface area contributed by atoms with Crippen molar-refractivity contribution >= 4 is 5.82 Å². The molecule has 1 saturated heterocycles. The van der Waals surface area contributed by atoms with Crippen molar-refractivity contribution in [1.82, 2.24) is 10.3 Å². The number of rotatable bonds is 3. The third-order valence-electron chi connectivity index (χ3n) is 3.25. The normalized spacial score (nSPS) is 20.4. The van der Waals surface area contributed by atoms with Gasteiger partial charge in [-0.05, 0) is 45.7 Å². The van der Waals surface area contributed by atoms with Gasteiger partial charge in [0.2, 0.25) is 0 Å². The van der Waals surface area contributed by atoms with Crippen LogP contribution in [0.15, 0.2) is 18.3 Å². The Morgan fingerprint density at radius 1 is 1.44 bits per heavy atom. The zero-order valence-corrected chi connectivity index (χ0v) is 11.4. The number of hydrogen-bond donors (Lipinski definition) is 1. The van der Waals surface area contributed by atoms with E-state index in [0.29, 0.717) is 6.04 Å². The van der Waals surface area contributed by atoms with Gasteiger partial charge in [0.25, 0.3) is 0 Å². The molecule has 0 spiro atoms. The molecular formula is C14H22FN3. The maximum absolute atomic E-state index is 12.9. The molecule has 0 aliphatic carbocycles. The molecule has 0 bridgehead atoms. The van der Waals surface area contributed by atoms with Gasteiger partial charge < -0.3 is 10.2 Å². The maximum atomic E-state index is 12.9. The Labute approximate surface area is 108 Å². The second-order valence-electron chi connectivity index (χ2n) is 5.95. The Bertz CT molecular complexity index is 383. The molecule has 1 fully saturated rings. The molecule has 1 aromatic heterocycles. The minimum absolute atomic E-state index is 0.129. The van der Waals surface area contributed by atoms with Crippen molar-refractivity contribution in [2.75, 3.05) is 18.0 Å². The van der Waals surface area contributed by atoms with Crippen LogP contribution in [-0.2, 0) is 0 Å². The minimum atomic E-state index is -0.276. The van der Waals surface area contributed by atoms with Gasteiger partial charge in [-0.3, -0.25) is 0 Å². The molecule has 0 saturated carbocycles. The fourth-order valence-corrected chi connectivity index (χ4v) is 2.31. The zero-order valence-electron chi connectivity index (χ0n) is 11.4. The Morgan fingerprint density at radius 2 is 2.22 bits per heavy atom. The summed E-state index contributed by atoms with van der Waals surface area (Å²) >= 11 is 0. The van der Waals surface area contributed by atoms with Gasteiger partial charge in [0.15, 0.2) is 0 Å². The quantitative estimate of drug-likeness (QED) is 0.895. The van der Waals surface area contributed by atoms with Crippen LogP contribution in [0.4, 0.5) is 10.2 Å². The van der Waals surface area contributed by atoms with Crippen LogP contribution in [0.3, 0.4) is 0 Å². The number of halogens is 1. The van der Waals surface area contributed by atoms with Crippen molar-refractivity contribution in [3.05, 3.63) is 24.1 Å². The monoisotopic (exact) mass is 251 g/mol. The summed E-state index contributed by atoms with van der Waals surface area (Å²) in [6.07, 6.45) is 3.64. The first-order valence-electron chi connectivity index (χ1n) is 6.59. The van der Waals surface area contributed by atoms with E-state index in [4.69, 9.17) is 0 Å². The highest BCUT2D eigenvalue weighted by Crippen LogP contribution is 2.23. The summed E-state index contributed by atoms with van der Waals surface area (Å²) in [4.78, 5) is 6.45. The Balaban J connectivity index is 2.01. The van der Waals surface area contributed by atoms with Crippen LogP contribution < -0.4 is 10.2 Å². The molecule has 1 aromatic rings. The van der Waals surface area contributed by atoms with Crippen LogP contribution in [-0.4, -0.2) is 29.7 Å². The highest BCUT2D eigenvalue weighted by molar-refractivity contribution is 5.40. The molecule has 1 N–H and O–H groups in total. The number of pyridine rings is 1. The Kier molecular flexibility index (Phi) is 3.85. The van der Waals surface area contributed by atoms with Gasteiger partial charge in [-0.25, -0.2) is 9.37 Å². The van der Waals surface area contributed by atoms with E-state index in [-0.39, 0.29) is 11.4 Å². The average molecular weight is 251 g/mol. The van der Waals surface area contributed by atoms with Crippen molar-refractivity contribution in [2.45, 2.75) is 45.2 Å². The van der Waals surface area contributed by atoms with Gasteiger partial charge in [0, 0.05) is 24.7 Å². The van der Waals surface area contributed by atoms with Crippen molar-refractivity contribution in [3.63, 3.8) is 0 Å². The van der Waals surface area contributed by atoms with Gasteiger partial charge >= 0.3 is 0 Å². The first-order valence-corrected chi connectivity index (χ1v) is 6.59. The predicted octanol–water partition coefficient (Wildman–Crippen LogP) is 2.58. The molecule has 2 rings (SSSR count). The molecule has 3 nitrogen and oxygen atoms in total. The summed E-state index contributed by atoms with van der Waals surface area (Å²) in [6, 6.07) is 3.71. The third kappa shape index (κ3) is 3.42. The van der Waals surface area contributed by atoms with Gasteiger partial charge in [0.05, 0.1) is 6.20 Å². The summed E-state index contributed by atoms with van der Waals surface area (Å²) in [5, 5.41) is 3.53. The van der Waals surface area contributed by atoms with Crippen LogP contribution in [0.2, 0.25) is 0 Å². The average Bonchev–Trinajstić information content (AvgIpc) is 2.75. The lowest BCUT2D eigenvalue weighted by molar-refractivity contribution is 0.404. The van der Waals surface area contributed by atoms with E-state index in [1.165, 1.54) is 25.1 Å². The second-order valence-corrected chi connectivity index (χ2v) is 5.95. The zero-order chi connectivity index (χ0) is 13.2. The van der Waals surface area contributed by atoms with Crippen LogP contribution in [0.25, 0.3) is 0 Å². The summed E-state index contributed by atoms with van der Waals surface area (Å²) < 4.78 is 12.9. The fourth-order valence-electron chi connectivity index (χ4n) is 2.31. The molecular weight excluding hydrogens is 229 g/mol. The molecule has 4 heteroatoms. The molecule has 0 aromatic carbocycles. The SMILES string of the molecule is CC(C)(C)NCC1CCCN1c1ccc(F)cn1. The van der Waals surface area contributed by atoms with E-state index < -0.39 is 0 Å². The summed E-state index contributed by atoms with van der Waals surface area (Å²) in [5.41, 5.74) is 0.129. The Morgan fingerprint density at radius 3 is 2.83 bits per heavy atom. The number of aromatic nitrogens is 1. The van der Waals surface area contributed by atoms with Gasteiger partial charge in [-0.15, -0.1) is 0 Å². The first kappa shape index (κ1) is 13.3. The molecule has 1 atom stereocenters. The van der Waals surface area contributed by atoms with Crippen LogP contribution >= 0.6 is 0 Å². The summed E-state index contributed by atoms with van der Waals surface area (Å²) in [6.45, 7) is 8.46. The molecule has 100 valence electrons. The first-order chi connectivity index (χ1) is 8.46. The van der Waals surface area contributed by atoms with Crippen molar-refractivity contribution in [2.24, 2.45) is 0 Å². The van der Waals surface area contributed by atoms with Gasteiger partial charge in [0.1, 0.15) is 11.6 Å². The predicted molar refractivity (Wildman–Crippen MR) is 72.3 cm³/mol. The number of hydrogen-bond acceptors (Lipinski definition) is 3. The minimum Gasteiger partial charge on any atom is -0.352 e. The van der Waals surface area contributed by atoms with Crippen molar-refractivity contribution in [3.8, 4) is 0 Å². The van der Waals surface area contributed by atoms with Crippen LogP contribution in [0.1, 0.15) is 33.6 Å². The molecule has 1 unspecified atom stereocenters. The number of nitrogens with one attached hydrogen (secondary N) is 1. The third-order valence-corrected chi connectivity index (χ3v) is 3.25. The van der Waals surface area contributed by atoms with E-state index in [1.54, 1.807) is 6.07 Å². The lowest BCUT2D eigenvalue weighted by Gasteiger charge is -2.29. The fraction of sp³-hybridized carbons (Fsp3) is 0.643. The van der Waals surface area contributed by atoms with Gasteiger partial charge in [-0.1, -0.05) is 0 Å². The highest BCUT2D eigenvalue weighted by Gasteiger charge is 2.26. The van der Waals surface area contributed by atoms with E-state index in [1.807, 2.05) is 0 Å². The van der Waals surface area contributed by atoms with Crippen molar-refractivity contribution in [1.29, 1.82) is 0 Å². The van der Waals surface area contributed by atoms with E-state index in [9.17, 15) is 4.39 Å². The maximum Gasteiger partial charge on any atom is 0.141 e. The number of anilines is 1. The molecule has 18 heavy (non-hydrogen) atoms. The van der Waals surface area contributed by atoms with Gasteiger partial charge in [-0.2, -0.15) is 0 Å². The molecule has 1 aliphatic heterocycles. The number of nitrogens with zero attached hydrogens (tertiary/aromatic N) is 2. The summed E-state index contributed by atoms with van der Waals surface area (Å²) in [7, 11) is 0. The second kappa shape index (κ2) is 5.22. The standard InChI is InChI=1S/C14H22FN3/c1-14(2,3)17-10-12-5-4-8-18(12)13-7-6-11(15)9-16-13/h6-7,9,12,17H,4-5,8,10H2,1-3H3.